The smallest absolute Gasteiger partial charge is 0.330 e. The van der Waals surface area contributed by atoms with Crippen LogP contribution in [0.3, 0.4) is 0 Å². The minimum absolute atomic E-state index is 0.280. The van der Waals surface area contributed by atoms with Crippen molar-refractivity contribution >= 4 is 16.7 Å². The van der Waals surface area contributed by atoms with Gasteiger partial charge < -0.3 is 4.74 Å². The van der Waals surface area contributed by atoms with Gasteiger partial charge in [0.05, 0.1) is 6.61 Å². The lowest BCUT2D eigenvalue weighted by atomic mass is 10.0. The van der Waals surface area contributed by atoms with E-state index in [4.69, 9.17) is 4.74 Å². The van der Waals surface area contributed by atoms with E-state index in [1.54, 1.807) is 6.92 Å². The second-order valence-corrected chi connectivity index (χ2v) is 4.00. The largest absolute Gasteiger partial charge is 0.463 e. The first kappa shape index (κ1) is 12.4. The molecule has 18 heavy (non-hydrogen) atoms. The van der Waals surface area contributed by atoms with E-state index >= 15 is 0 Å². The number of carbonyl (C=O) groups excluding carboxylic acids is 1. The Labute approximate surface area is 107 Å². The number of esters is 1. The molecule has 0 radical (unpaired) electrons. The first-order chi connectivity index (χ1) is 8.81. The Morgan fingerprint density at radius 3 is 2.78 bits per heavy atom. The lowest BCUT2D eigenvalue weighted by Crippen LogP contribution is -1.99. The Balaban J connectivity index is 2.15. The van der Waals surface area contributed by atoms with Crippen molar-refractivity contribution in [3.05, 3.63) is 60.2 Å². The molecule has 0 aliphatic carbocycles. The van der Waals surface area contributed by atoms with Gasteiger partial charge in [-0.1, -0.05) is 48.5 Å². The van der Waals surface area contributed by atoms with Crippen molar-refractivity contribution in [1.82, 2.24) is 0 Å². The van der Waals surface area contributed by atoms with Gasteiger partial charge in [-0.05, 0) is 29.7 Å². The molecule has 0 N–H and O–H groups in total. The van der Waals surface area contributed by atoms with Crippen LogP contribution < -0.4 is 0 Å². The molecule has 0 aromatic heterocycles. The van der Waals surface area contributed by atoms with Gasteiger partial charge in [0.15, 0.2) is 0 Å². The normalized spacial score (nSPS) is 10.9. The van der Waals surface area contributed by atoms with E-state index in [-0.39, 0.29) is 5.97 Å². The predicted octanol–water partition coefficient (Wildman–Crippen LogP) is 3.50. The minimum Gasteiger partial charge on any atom is -0.463 e. The number of rotatable bonds is 4. The molecule has 0 atom stereocenters. The van der Waals surface area contributed by atoms with Gasteiger partial charge in [0, 0.05) is 6.08 Å². The summed E-state index contributed by atoms with van der Waals surface area (Å²) in [5, 5.41) is 2.45. The fourth-order valence-electron chi connectivity index (χ4n) is 1.94. The van der Waals surface area contributed by atoms with Crippen LogP contribution in [0.15, 0.2) is 54.6 Å². The lowest BCUT2D eigenvalue weighted by Gasteiger charge is -2.03. The zero-order chi connectivity index (χ0) is 12.8. The van der Waals surface area contributed by atoms with E-state index < -0.39 is 0 Å². The maximum Gasteiger partial charge on any atom is 0.330 e. The molecule has 2 heteroatoms. The van der Waals surface area contributed by atoms with Crippen molar-refractivity contribution in [1.29, 1.82) is 0 Å². The highest BCUT2D eigenvalue weighted by Crippen LogP contribution is 2.18. The van der Waals surface area contributed by atoms with E-state index in [1.165, 1.54) is 22.4 Å². The fraction of sp³-hybridized carbons (Fsp3) is 0.188. The van der Waals surface area contributed by atoms with Gasteiger partial charge in [-0.3, -0.25) is 0 Å². The molecule has 0 saturated carbocycles. The monoisotopic (exact) mass is 240 g/mol. The standard InChI is InChI=1S/C16H16O2/c1-2-18-16(17)12-6-10-14-9-5-8-13-7-3-4-11-15(13)14/h3-9,11-12H,2,10H2,1H3/b12-6+. The molecule has 0 aliphatic rings. The third-order valence-electron chi connectivity index (χ3n) is 2.76. The van der Waals surface area contributed by atoms with Crippen molar-refractivity contribution in [2.75, 3.05) is 6.61 Å². The zero-order valence-corrected chi connectivity index (χ0v) is 10.4. The van der Waals surface area contributed by atoms with E-state index in [0.717, 1.165) is 6.42 Å². The number of hydrogen-bond donors (Lipinski definition) is 0. The molecule has 2 nitrogen and oxygen atoms in total. The second-order valence-electron chi connectivity index (χ2n) is 4.00. The quantitative estimate of drug-likeness (QED) is 0.604. The molecule has 0 unspecified atom stereocenters. The molecule has 0 saturated heterocycles. The molecule has 0 spiro atoms. The molecule has 0 fully saturated rings. The fourth-order valence-corrected chi connectivity index (χ4v) is 1.94. The van der Waals surface area contributed by atoms with Crippen LogP contribution in [0.1, 0.15) is 12.5 Å². The molecule has 0 aliphatic heterocycles. The Morgan fingerprint density at radius 2 is 1.94 bits per heavy atom. The van der Waals surface area contributed by atoms with E-state index in [1.807, 2.05) is 24.3 Å². The summed E-state index contributed by atoms with van der Waals surface area (Å²) in [4.78, 5) is 11.2. The Morgan fingerprint density at radius 1 is 1.17 bits per heavy atom. The Bertz CT molecular complexity index is 565. The number of hydrogen-bond acceptors (Lipinski definition) is 2. The molecule has 2 aromatic rings. The Kier molecular flexibility index (Phi) is 4.13. The van der Waals surface area contributed by atoms with Crippen LogP contribution in [0.25, 0.3) is 10.8 Å². The molecule has 0 bridgehead atoms. The summed E-state index contributed by atoms with van der Waals surface area (Å²) in [5.41, 5.74) is 1.22. The SMILES string of the molecule is CCOC(=O)/C=C/Cc1cccc2ccccc12. The topological polar surface area (TPSA) is 26.3 Å². The van der Waals surface area contributed by atoms with Crippen molar-refractivity contribution in [2.45, 2.75) is 13.3 Å². The molecular weight excluding hydrogens is 224 g/mol. The highest BCUT2D eigenvalue weighted by atomic mass is 16.5. The number of ether oxygens (including phenoxy) is 1. The van der Waals surface area contributed by atoms with Crippen LogP contribution in [0, 0.1) is 0 Å². The Hall–Kier alpha value is -2.09. The predicted molar refractivity (Wildman–Crippen MR) is 73.4 cm³/mol. The second kappa shape index (κ2) is 6.01. The summed E-state index contributed by atoms with van der Waals surface area (Å²) in [6.45, 7) is 2.22. The van der Waals surface area contributed by atoms with Gasteiger partial charge >= 0.3 is 5.97 Å². The zero-order valence-electron chi connectivity index (χ0n) is 10.4. The van der Waals surface area contributed by atoms with Crippen LogP contribution in [-0.4, -0.2) is 12.6 Å². The molecule has 0 heterocycles. The van der Waals surface area contributed by atoms with E-state index in [9.17, 15) is 4.79 Å². The average molecular weight is 240 g/mol. The number of benzene rings is 2. The number of carbonyl (C=O) groups is 1. The summed E-state index contributed by atoms with van der Waals surface area (Å²) >= 11 is 0. The average Bonchev–Trinajstić information content (AvgIpc) is 2.39. The highest BCUT2D eigenvalue weighted by Gasteiger charge is 1.98. The molecule has 0 amide bonds. The summed E-state index contributed by atoms with van der Waals surface area (Å²) in [5.74, 6) is -0.280. The van der Waals surface area contributed by atoms with Gasteiger partial charge in [0.1, 0.15) is 0 Å². The summed E-state index contributed by atoms with van der Waals surface area (Å²) in [6.07, 6.45) is 4.07. The van der Waals surface area contributed by atoms with Gasteiger partial charge in [0.2, 0.25) is 0 Å². The van der Waals surface area contributed by atoms with Crippen LogP contribution in [0.5, 0.6) is 0 Å². The molecule has 92 valence electrons. The van der Waals surface area contributed by atoms with Crippen LogP contribution >= 0.6 is 0 Å². The van der Waals surface area contributed by atoms with Crippen molar-refractivity contribution < 1.29 is 9.53 Å². The molecular formula is C16H16O2. The van der Waals surface area contributed by atoms with Crippen LogP contribution in [0.2, 0.25) is 0 Å². The molecule has 2 rings (SSSR count). The first-order valence-corrected chi connectivity index (χ1v) is 6.11. The molecule has 2 aromatic carbocycles. The van der Waals surface area contributed by atoms with Gasteiger partial charge in [-0.2, -0.15) is 0 Å². The third-order valence-corrected chi connectivity index (χ3v) is 2.76. The van der Waals surface area contributed by atoms with E-state index in [2.05, 4.69) is 24.3 Å². The maximum absolute atomic E-state index is 11.2. The van der Waals surface area contributed by atoms with Crippen molar-refractivity contribution in [3.8, 4) is 0 Å². The van der Waals surface area contributed by atoms with Crippen LogP contribution in [-0.2, 0) is 16.0 Å². The number of allylic oxidation sites excluding steroid dienone is 1. The van der Waals surface area contributed by atoms with Gasteiger partial charge in [-0.25, -0.2) is 4.79 Å². The van der Waals surface area contributed by atoms with E-state index in [0.29, 0.717) is 6.61 Å². The summed E-state index contributed by atoms with van der Waals surface area (Å²) < 4.78 is 4.84. The summed E-state index contributed by atoms with van der Waals surface area (Å²) in [6, 6.07) is 14.5. The number of fused-ring (bicyclic) bond motifs is 1. The van der Waals surface area contributed by atoms with Crippen molar-refractivity contribution in [3.63, 3.8) is 0 Å². The third kappa shape index (κ3) is 2.98. The van der Waals surface area contributed by atoms with Gasteiger partial charge in [0.25, 0.3) is 0 Å². The van der Waals surface area contributed by atoms with Crippen molar-refractivity contribution in [2.24, 2.45) is 0 Å². The minimum atomic E-state index is -0.280. The van der Waals surface area contributed by atoms with Crippen LogP contribution in [0.4, 0.5) is 0 Å². The summed E-state index contributed by atoms with van der Waals surface area (Å²) in [7, 11) is 0. The first-order valence-electron chi connectivity index (χ1n) is 6.11. The lowest BCUT2D eigenvalue weighted by molar-refractivity contribution is -0.137. The van der Waals surface area contributed by atoms with Gasteiger partial charge in [-0.15, -0.1) is 0 Å². The highest BCUT2D eigenvalue weighted by molar-refractivity contribution is 5.86. The maximum atomic E-state index is 11.2.